The molecule has 0 spiro atoms. The fraction of sp³-hybridized carbons (Fsp3) is 0.333. The summed E-state index contributed by atoms with van der Waals surface area (Å²) in [6.07, 6.45) is 0. The molecule has 2 amide bonds. The second-order valence-corrected chi connectivity index (χ2v) is 6.95. The highest BCUT2D eigenvalue weighted by molar-refractivity contribution is 5.94. The minimum Gasteiger partial charge on any atom is -0.378 e. The highest BCUT2D eigenvalue weighted by atomic mass is 16.2. The van der Waals surface area contributed by atoms with Crippen LogP contribution in [0.25, 0.3) is 0 Å². The number of benzene rings is 2. The minimum atomic E-state index is -0.0702. The molecule has 1 heterocycles. The first-order chi connectivity index (χ1) is 12.9. The Kier molecular flexibility index (Phi) is 5.64. The molecule has 0 atom stereocenters. The average molecular weight is 366 g/mol. The Morgan fingerprint density at radius 3 is 2.00 bits per heavy atom. The fourth-order valence-electron chi connectivity index (χ4n) is 3.12. The number of carbonyl (C=O) groups excluding carboxylic acids is 2. The zero-order chi connectivity index (χ0) is 19.4. The van der Waals surface area contributed by atoms with Gasteiger partial charge in [0.1, 0.15) is 0 Å². The number of nitrogens with zero attached hydrogens (tertiary/aromatic N) is 3. The average Bonchev–Trinajstić information content (AvgIpc) is 2.68. The first-order valence-corrected chi connectivity index (χ1v) is 9.13. The summed E-state index contributed by atoms with van der Waals surface area (Å²) in [5, 5.41) is 2.96. The second kappa shape index (κ2) is 8.12. The monoisotopic (exact) mass is 366 g/mol. The van der Waals surface area contributed by atoms with E-state index < -0.39 is 0 Å². The number of ketones is 1. The molecule has 6 nitrogen and oxygen atoms in total. The zero-order valence-corrected chi connectivity index (χ0v) is 16.1. The van der Waals surface area contributed by atoms with Crippen LogP contribution in [0.2, 0.25) is 0 Å². The molecule has 142 valence electrons. The molecule has 1 fully saturated rings. The molecular formula is C21H26N4O2. The maximum Gasteiger partial charge on any atom is 0.321 e. The van der Waals surface area contributed by atoms with Gasteiger partial charge < -0.3 is 20.0 Å². The van der Waals surface area contributed by atoms with Crippen molar-refractivity contribution < 1.29 is 9.59 Å². The molecule has 2 aromatic rings. The van der Waals surface area contributed by atoms with Gasteiger partial charge >= 0.3 is 6.03 Å². The van der Waals surface area contributed by atoms with Gasteiger partial charge in [-0.05, 0) is 55.5 Å². The maximum absolute atomic E-state index is 12.5. The molecule has 1 aliphatic heterocycles. The van der Waals surface area contributed by atoms with Crippen LogP contribution >= 0.6 is 0 Å². The summed E-state index contributed by atoms with van der Waals surface area (Å²) in [5.74, 6) is 0.0710. The molecular weight excluding hydrogens is 340 g/mol. The molecule has 0 bridgehead atoms. The summed E-state index contributed by atoms with van der Waals surface area (Å²) < 4.78 is 0. The third-order valence-electron chi connectivity index (χ3n) is 4.84. The molecule has 27 heavy (non-hydrogen) atoms. The van der Waals surface area contributed by atoms with Gasteiger partial charge in [-0.1, -0.05) is 0 Å². The second-order valence-electron chi connectivity index (χ2n) is 6.95. The number of hydrogen-bond acceptors (Lipinski definition) is 4. The lowest BCUT2D eigenvalue weighted by Gasteiger charge is -2.36. The van der Waals surface area contributed by atoms with Crippen molar-refractivity contribution >= 4 is 28.9 Å². The first kappa shape index (κ1) is 18.8. The van der Waals surface area contributed by atoms with E-state index >= 15 is 0 Å². The van der Waals surface area contributed by atoms with Crippen molar-refractivity contribution in [3.8, 4) is 0 Å². The van der Waals surface area contributed by atoms with E-state index in [-0.39, 0.29) is 11.8 Å². The number of nitrogens with one attached hydrogen (secondary N) is 1. The van der Waals surface area contributed by atoms with Gasteiger partial charge in [0.05, 0.1) is 0 Å². The van der Waals surface area contributed by atoms with Gasteiger partial charge in [-0.15, -0.1) is 0 Å². The Hall–Kier alpha value is -3.02. The topological polar surface area (TPSA) is 55.9 Å². The lowest BCUT2D eigenvalue weighted by molar-refractivity contribution is 0.101. The summed E-state index contributed by atoms with van der Waals surface area (Å²) >= 11 is 0. The van der Waals surface area contributed by atoms with Crippen LogP contribution in [0.15, 0.2) is 48.5 Å². The zero-order valence-electron chi connectivity index (χ0n) is 16.1. The summed E-state index contributed by atoms with van der Waals surface area (Å²) in [7, 11) is 3.97. The van der Waals surface area contributed by atoms with Crippen LogP contribution in [-0.4, -0.2) is 57.0 Å². The van der Waals surface area contributed by atoms with E-state index in [2.05, 4.69) is 10.2 Å². The maximum atomic E-state index is 12.5. The van der Waals surface area contributed by atoms with E-state index in [9.17, 15) is 9.59 Å². The third kappa shape index (κ3) is 4.58. The number of Topliss-reactive ketones (excluding diaryl/α,β-unsaturated/α-hetero) is 1. The number of hydrogen-bond donors (Lipinski definition) is 1. The first-order valence-electron chi connectivity index (χ1n) is 9.13. The molecule has 1 N–H and O–H groups in total. The van der Waals surface area contributed by atoms with Crippen molar-refractivity contribution in [1.82, 2.24) is 4.90 Å². The molecule has 0 unspecified atom stereocenters. The van der Waals surface area contributed by atoms with Gasteiger partial charge in [0.25, 0.3) is 0 Å². The van der Waals surface area contributed by atoms with Crippen molar-refractivity contribution in [3.05, 3.63) is 54.1 Å². The molecule has 1 aliphatic rings. The van der Waals surface area contributed by atoms with E-state index in [4.69, 9.17) is 0 Å². The Labute approximate surface area is 160 Å². The molecule has 6 heteroatoms. The van der Waals surface area contributed by atoms with Gasteiger partial charge in [0.2, 0.25) is 0 Å². The Balaban J connectivity index is 1.53. The summed E-state index contributed by atoms with van der Waals surface area (Å²) in [6.45, 7) is 4.44. The molecule has 0 aliphatic carbocycles. The van der Waals surface area contributed by atoms with E-state index in [1.807, 2.05) is 72.4 Å². The van der Waals surface area contributed by atoms with Crippen LogP contribution in [0.1, 0.15) is 17.3 Å². The molecule has 0 aromatic heterocycles. The van der Waals surface area contributed by atoms with Crippen LogP contribution in [0, 0.1) is 0 Å². The summed E-state index contributed by atoms with van der Waals surface area (Å²) in [5.41, 5.74) is 3.70. The predicted molar refractivity (Wildman–Crippen MR) is 110 cm³/mol. The van der Waals surface area contributed by atoms with Crippen LogP contribution in [0.3, 0.4) is 0 Å². The number of rotatable bonds is 4. The van der Waals surface area contributed by atoms with Crippen molar-refractivity contribution in [3.63, 3.8) is 0 Å². The van der Waals surface area contributed by atoms with Gasteiger partial charge in [0, 0.05) is 62.9 Å². The van der Waals surface area contributed by atoms with E-state index in [0.29, 0.717) is 13.1 Å². The van der Waals surface area contributed by atoms with Crippen LogP contribution in [-0.2, 0) is 0 Å². The SMILES string of the molecule is CC(=O)c1ccc(N2CCN(C(=O)Nc3ccc(N(C)C)cc3)CC2)cc1. The smallest absolute Gasteiger partial charge is 0.321 e. The van der Waals surface area contributed by atoms with E-state index in [0.717, 1.165) is 35.7 Å². The Bertz CT molecular complexity index is 792. The molecule has 3 rings (SSSR count). The Morgan fingerprint density at radius 1 is 0.889 bits per heavy atom. The van der Waals surface area contributed by atoms with Crippen molar-refractivity contribution in [1.29, 1.82) is 0 Å². The van der Waals surface area contributed by atoms with Gasteiger partial charge in [-0.3, -0.25) is 4.79 Å². The van der Waals surface area contributed by atoms with Gasteiger partial charge in [-0.25, -0.2) is 4.79 Å². The highest BCUT2D eigenvalue weighted by Gasteiger charge is 2.21. The van der Waals surface area contributed by atoms with Gasteiger partial charge in [0.15, 0.2) is 5.78 Å². The minimum absolute atomic E-state index is 0.0702. The number of anilines is 3. The number of urea groups is 1. The molecule has 0 saturated carbocycles. The molecule has 2 aromatic carbocycles. The van der Waals surface area contributed by atoms with Crippen LogP contribution < -0.4 is 15.1 Å². The third-order valence-corrected chi connectivity index (χ3v) is 4.84. The van der Waals surface area contributed by atoms with Gasteiger partial charge in [-0.2, -0.15) is 0 Å². The Morgan fingerprint density at radius 2 is 1.48 bits per heavy atom. The van der Waals surface area contributed by atoms with Crippen molar-refractivity contribution in [2.45, 2.75) is 6.92 Å². The fourth-order valence-corrected chi connectivity index (χ4v) is 3.12. The van der Waals surface area contributed by atoms with E-state index in [1.54, 1.807) is 6.92 Å². The summed E-state index contributed by atoms with van der Waals surface area (Å²) in [4.78, 5) is 30.0. The number of amides is 2. The van der Waals surface area contributed by atoms with Crippen molar-refractivity contribution in [2.24, 2.45) is 0 Å². The molecule has 1 saturated heterocycles. The molecule has 0 radical (unpaired) electrons. The lowest BCUT2D eigenvalue weighted by Crippen LogP contribution is -2.50. The van der Waals surface area contributed by atoms with E-state index in [1.165, 1.54) is 0 Å². The largest absolute Gasteiger partial charge is 0.378 e. The highest BCUT2D eigenvalue weighted by Crippen LogP contribution is 2.19. The van der Waals surface area contributed by atoms with Crippen LogP contribution in [0.5, 0.6) is 0 Å². The summed E-state index contributed by atoms with van der Waals surface area (Å²) in [6, 6.07) is 15.4. The standard InChI is InChI=1S/C21H26N4O2/c1-16(26)17-4-8-20(9-5-17)24-12-14-25(15-13-24)21(27)22-18-6-10-19(11-7-18)23(2)3/h4-11H,12-15H2,1-3H3,(H,22,27). The number of carbonyl (C=O) groups is 2. The normalized spacial score (nSPS) is 14.0. The number of piperazine rings is 1. The van der Waals surface area contributed by atoms with Crippen LogP contribution in [0.4, 0.5) is 21.9 Å². The predicted octanol–water partition coefficient (Wildman–Crippen LogP) is 3.31. The van der Waals surface area contributed by atoms with Crippen molar-refractivity contribution in [2.75, 3.05) is 55.4 Å². The quantitative estimate of drug-likeness (QED) is 0.844. The lowest BCUT2D eigenvalue weighted by atomic mass is 10.1.